The van der Waals surface area contributed by atoms with Gasteiger partial charge in [-0.05, 0) is 12.1 Å². The van der Waals surface area contributed by atoms with Crippen molar-refractivity contribution in [3.63, 3.8) is 0 Å². The number of rotatable bonds is 6. The Labute approximate surface area is 114 Å². The van der Waals surface area contributed by atoms with Gasteiger partial charge in [0.25, 0.3) is 5.91 Å². The van der Waals surface area contributed by atoms with Gasteiger partial charge in [0.15, 0.2) is 0 Å². The normalized spacial score (nSPS) is 12.1. The molecule has 0 heterocycles. The van der Waals surface area contributed by atoms with Crippen LogP contribution in [0.2, 0.25) is 0 Å². The number of ether oxygens (including phenoxy) is 1. The molecule has 0 fully saturated rings. The maximum atomic E-state index is 12.3. The Kier molecular flexibility index (Phi) is 5.42. The molecule has 1 atom stereocenters. The summed E-state index contributed by atoms with van der Waals surface area (Å²) >= 11 is 0. The maximum absolute atomic E-state index is 12.3. The molecule has 1 aromatic rings. The minimum Gasteiger partial charge on any atom is -0.481 e. The summed E-state index contributed by atoms with van der Waals surface area (Å²) < 4.78 is 28.8. The Morgan fingerprint density at radius 3 is 2.50 bits per heavy atom. The van der Waals surface area contributed by atoms with Crippen LogP contribution >= 0.6 is 0 Å². The second-order valence-electron chi connectivity index (χ2n) is 4.30. The first-order chi connectivity index (χ1) is 9.32. The quantitative estimate of drug-likeness (QED) is 0.870. The third kappa shape index (κ3) is 4.18. The molecule has 1 amide bonds. The van der Waals surface area contributed by atoms with Crippen molar-refractivity contribution in [2.45, 2.75) is 13.5 Å². The number of nitrogens with zero attached hydrogens (tertiary/aromatic N) is 1. The lowest BCUT2D eigenvalue weighted by molar-refractivity contribution is -0.141. The first kappa shape index (κ1) is 15.9. The van der Waals surface area contributed by atoms with Gasteiger partial charge in [0.05, 0.1) is 11.5 Å². The van der Waals surface area contributed by atoms with Crippen LogP contribution < -0.4 is 4.74 Å². The largest absolute Gasteiger partial charge is 0.481 e. The summed E-state index contributed by atoms with van der Waals surface area (Å²) in [5.74, 6) is -2.61. The number of aliphatic carboxylic acids is 1. The number of carbonyl (C=O) groups excluding carboxylic acids is 1. The van der Waals surface area contributed by atoms with E-state index in [0.717, 1.165) is 4.90 Å². The van der Waals surface area contributed by atoms with Crippen LogP contribution in [0, 0.1) is 5.92 Å². The Morgan fingerprint density at radius 2 is 1.95 bits per heavy atom. The number of hydrogen-bond donors (Lipinski definition) is 1. The van der Waals surface area contributed by atoms with E-state index in [1.165, 1.54) is 38.2 Å². The summed E-state index contributed by atoms with van der Waals surface area (Å²) in [4.78, 5) is 24.0. The van der Waals surface area contributed by atoms with Crippen molar-refractivity contribution in [2.75, 3.05) is 13.6 Å². The van der Waals surface area contributed by atoms with Crippen LogP contribution in [-0.2, 0) is 4.79 Å². The molecule has 0 saturated heterocycles. The van der Waals surface area contributed by atoms with Crippen LogP contribution in [0.25, 0.3) is 0 Å². The monoisotopic (exact) mass is 287 g/mol. The van der Waals surface area contributed by atoms with Crippen LogP contribution in [0.1, 0.15) is 17.3 Å². The second kappa shape index (κ2) is 6.83. The number of benzene rings is 1. The van der Waals surface area contributed by atoms with Gasteiger partial charge in [0.1, 0.15) is 5.75 Å². The second-order valence-corrected chi connectivity index (χ2v) is 4.30. The molecule has 0 bridgehead atoms. The van der Waals surface area contributed by atoms with E-state index in [2.05, 4.69) is 4.74 Å². The minimum absolute atomic E-state index is 0.0306. The number of halogens is 2. The van der Waals surface area contributed by atoms with Crippen molar-refractivity contribution in [1.29, 1.82) is 0 Å². The number of alkyl halides is 2. The predicted molar refractivity (Wildman–Crippen MR) is 66.8 cm³/mol. The lowest BCUT2D eigenvalue weighted by Crippen LogP contribution is -2.34. The summed E-state index contributed by atoms with van der Waals surface area (Å²) in [5.41, 5.74) is -0.0344. The third-order valence-electron chi connectivity index (χ3n) is 2.65. The summed E-state index contributed by atoms with van der Waals surface area (Å²) in [5, 5.41) is 8.79. The van der Waals surface area contributed by atoms with E-state index in [9.17, 15) is 18.4 Å². The molecular weight excluding hydrogens is 272 g/mol. The Morgan fingerprint density at radius 1 is 1.35 bits per heavy atom. The zero-order valence-corrected chi connectivity index (χ0v) is 11.0. The molecule has 0 spiro atoms. The highest BCUT2D eigenvalue weighted by molar-refractivity contribution is 5.97. The molecule has 0 aliphatic rings. The number of amides is 1. The van der Waals surface area contributed by atoms with Gasteiger partial charge in [-0.3, -0.25) is 9.59 Å². The number of carbonyl (C=O) groups is 2. The van der Waals surface area contributed by atoms with Crippen molar-refractivity contribution in [3.05, 3.63) is 29.8 Å². The zero-order valence-electron chi connectivity index (χ0n) is 11.0. The molecule has 110 valence electrons. The van der Waals surface area contributed by atoms with Crippen molar-refractivity contribution >= 4 is 11.9 Å². The van der Waals surface area contributed by atoms with Gasteiger partial charge >= 0.3 is 12.6 Å². The SMILES string of the molecule is C[C@@H](CN(C)C(=O)c1ccccc1OC(F)F)C(=O)O. The smallest absolute Gasteiger partial charge is 0.387 e. The lowest BCUT2D eigenvalue weighted by atomic mass is 10.1. The standard InChI is InChI=1S/C13H15F2NO4/c1-8(12(18)19)7-16(2)11(17)9-5-3-4-6-10(9)20-13(14)15/h3-6,8,13H,7H2,1-2H3,(H,18,19)/t8-/m0/s1. The highest BCUT2D eigenvalue weighted by Crippen LogP contribution is 2.21. The molecule has 0 aliphatic heterocycles. The number of para-hydroxylation sites is 1. The molecule has 7 heteroatoms. The lowest BCUT2D eigenvalue weighted by Gasteiger charge is -2.20. The van der Waals surface area contributed by atoms with Gasteiger partial charge in [0.2, 0.25) is 0 Å². The fourth-order valence-corrected chi connectivity index (χ4v) is 1.62. The van der Waals surface area contributed by atoms with E-state index < -0.39 is 24.4 Å². The van der Waals surface area contributed by atoms with E-state index in [0.29, 0.717) is 0 Å². The fourth-order valence-electron chi connectivity index (χ4n) is 1.62. The summed E-state index contributed by atoms with van der Waals surface area (Å²) in [6.45, 7) is -1.61. The predicted octanol–water partition coefficient (Wildman–Crippen LogP) is 2.08. The number of carboxylic acid groups (broad SMARTS) is 1. The van der Waals surface area contributed by atoms with Crippen LogP contribution in [0.5, 0.6) is 5.75 Å². The van der Waals surface area contributed by atoms with Gasteiger partial charge in [0, 0.05) is 13.6 Å². The van der Waals surface area contributed by atoms with Gasteiger partial charge in [-0.1, -0.05) is 19.1 Å². The highest BCUT2D eigenvalue weighted by atomic mass is 19.3. The first-order valence-electron chi connectivity index (χ1n) is 5.85. The molecule has 20 heavy (non-hydrogen) atoms. The first-order valence-corrected chi connectivity index (χ1v) is 5.85. The molecular formula is C13H15F2NO4. The van der Waals surface area contributed by atoms with E-state index in [4.69, 9.17) is 5.11 Å². The molecule has 0 unspecified atom stereocenters. The van der Waals surface area contributed by atoms with Crippen LogP contribution in [0.15, 0.2) is 24.3 Å². The molecule has 0 radical (unpaired) electrons. The third-order valence-corrected chi connectivity index (χ3v) is 2.65. The van der Waals surface area contributed by atoms with Gasteiger partial charge in [-0.25, -0.2) is 0 Å². The van der Waals surface area contributed by atoms with Crippen molar-refractivity contribution < 1.29 is 28.2 Å². The molecule has 1 N–H and O–H groups in total. The van der Waals surface area contributed by atoms with Gasteiger partial charge in [-0.2, -0.15) is 8.78 Å². The summed E-state index contributed by atoms with van der Waals surface area (Å²) in [6.07, 6.45) is 0. The molecule has 0 aliphatic carbocycles. The maximum Gasteiger partial charge on any atom is 0.387 e. The van der Waals surface area contributed by atoms with Crippen molar-refractivity contribution in [1.82, 2.24) is 4.90 Å². The molecule has 0 aromatic heterocycles. The number of hydrogen-bond acceptors (Lipinski definition) is 3. The minimum atomic E-state index is -3.04. The Bertz CT molecular complexity index is 493. The zero-order chi connectivity index (χ0) is 15.3. The summed E-state index contributed by atoms with van der Waals surface area (Å²) in [7, 11) is 1.40. The van der Waals surface area contributed by atoms with Gasteiger partial charge in [-0.15, -0.1) is 0 Å². The van der Waals surface area contributed by atoms with Gasteiger partial charge < -0.3 is 14.7 Å². The average molecular weight is 287 g/mol. The highest BCUT2D eigenvalue weighted by Gasteiger charge is 2.21. The van der Waals surface area contributed by atoms with Crippen LogP contribution in [0.4, 0.5) is 8.78 Å². The van der Waals surface area contributed by atoms with E-state index in [-0.39, 0.29) is 17.9 Å². The molecule has 0 saturated carbocycles. The van der Waals surface area contributed by atoms with E-state index >= 15 is 0 Å². The van der Waals surface area contributed by atoms with E-state index in [1.54, 1.807) is 0 Å². The molecule has 5 nitrogen and oxygen atoms in total. The van der Waals surface area contributed by atoms with Crippen molar-refractivity contribution in [2.24, 2.45) is 5.92 Å². The van der Waals surface area contributed by atoms with E-state index in [1.807, 2.05) is 0 Å². The van der Waals surface area contributed by atoms with Crippen LogP contribution in [-0.4, -0.2) is 42.1 Å². The average Bonchev–Trinajstić information content (AvgIpc) is 2.37. The van der Waals surface area contributed by atoms with Crippen LogP contribution in [0.3, 0.4) is 0 Å². The molecule has 1 rings (SSSR count). The summed E-state index contributed by atoms with van der Waals surface area (Å²) in [6, 6.07) is 5.59. The topological polar surface area (TPSA) is 66.8 Å². The fraction of sp³-hybridized carbons (Fsp3) is 0.385. The number of carboxylic acids is 1. The molecule has 1 aromatic carbocycles. The Balaban J connectivity index is 2.88. The Hall–Kier alpha value is -2.18. The van der Waals surface area contributed by atoms with Crippen molar-refractivity contribution in [3.8, 4) is 5.75 Å².